The smallest absolute Gasteiger partial charge is 0.159 e. The second-order valence-electron chi connectivity index (χ2n) is 6.17. The SMILES string of the molecule is CCCc1cc2c(N)n[nH]c2nc1Nc1cccc2c1CCC2. The molecule has 4 N–H and O–H groups in total. The summed E-state index contributed by atoms with van der Waals surface area (Å²) in [4.78, 5) is 4.73. The minimum Gasteiger partial charge on any atom is -0.382 e. The van der Waals surface area contributed by atoms with Gasteiger partial charge in [0.1, 0.15) is 5.82 Å². The number of nitrogens with zero attached hydrogens (tertiary/aromatic N) is 2. The standard InChI is InChI=1S/C18H21N5/c1-2-5-12-10-14-16(19)22-23-18(14)21-17(12)20-15-9-4-7-11-6-3-8-13(11)15/h4,7,9-10H,2-3,5-6,8H2,1H3,(H4,19,20,21,22,23). The van der Waals surface area contributed by atoms with Gasteiger partial charge in [0, 0.05) is 5.69 Å². The first-order valence-corrected chi connectivity index (χ1v) is 8.27. The molecular formula is C18H21N5. The van der Waals surface area contributed by atoms with E-state index in [4.69, 9.17) is 10.7 Å². The topological polar surface area (TPSA) is 79.6 Å². The van der Waals surface area contributed by atoms with Crippen molar-refractivity contribution in [2.75, 3.05) is 11.1 Å². The number of nitrogen functional groups attached to an aromatic ring is 1. The number of aromatic amines is 1. The Morgan fingerprint density at radius 3 is 3.09 bits per heavy atom. The normalized spacial score (nSPS) is 13.4. The molecule has 2 aromatic heterocycles. The molecule has 2 heterocycles. The van der Waals surface area contributed by atoms with Crippen molar-refractivity contribution in [3.63, 3.8) is 0 Å². The van der Waals surface area contributed by atoms with Gasteiger partial charge in [0.25, 0.3) is 0 Å². The number of pyridine rings is 1. The molecule has 0 atom stereocenters. The van der Waals surface area contributed by atoms with E-state index in [1.807, 2.05) is 0 Å². The van der Waals surface area contributed by atoms with Gasteiger partial charge in [-0.25, -0.2) is 4.98 Å². The zero-order chi connectivity index (χ0) is 15.8. The van der Waals surface area contributed by atoms with E-state index in [0.717, 1.165) is 36.1 Å². The Labute approximate surface area is 135 Å². The summed E-state index contributed by atoms with van der Waals surface area (Å²) < 4.78 is 0. The molecule has 1 aromatic carbocycles. The van der Waals surface area contributed by atoms with E-state index in [0.29, 0.717) is 5.82 Å². The van der Waals surface area contributed by atoms with Gasteiger partial charge in [-0.2, -0.15) is 5.10 Å². The number of nitrogens with one attached hydrogen (secondary N) is 2. The van der Waals surface area contributed by atoms with Crippen LogP contribution in [0.4, 0.5) is 17.3 Å². The number of benzene rings is 1. The van der Waals surface area contributed by atoms with Crippen LogP contribution in [-0.2, 0) is 19.3 Å². The lowest BCUT2D eigenvalue weighted by atomic mass is 10.1. The van der Waals surface area contributed by atoms with Crippen LogP contribution in [0.5, 0.6) is 0 Å². The molecule has 0 saturated carbocycles. The Morgan fingerprint density at radius 2 is 2.22 bits per heavy atom. The molecule has 0 unspecified atom stereocenters. The zero-order valence-corrected chi connectivity index (χ0v) is 13.3. The predicted molar refractivity (Wildman–Crippen MR) is 94.0 cm³/mol. The Bertz CT molecular complexity index is 865. The molecule has 118 valence electrons. The van der Waals surface area contributed by atoms with Gasteiger partial charge in [-0.1, -0.05) is 25.5 Å². The fourth-order valence-corrected chi connectivity index (χ4v) is 3.44. The van der Waals surface area contributed by atoms with Gasteiger partial charge in [0.15, 0.2) is 11.5 Å². The van der Waals surface area contributed by atoms with Crippen molar-refractivity contribution in [1.82, 2.24) is 15.2 Å². The van der Waals surface area contributed by atoms with Crippen molar-refractivity contribution < 1.29 is 0 Å². The Hall–Kier alpha value is -2.56. The fraction of sp³-hybridized carbons (Fsp3) is 0.333. The summed E-state index contributed by atoms with van der Waals surface area (Å²) in [5, 5.41) is 11.4. The van der Waals surface area contributed by atoms with Crippen molar-refractivity contribution in [2.24, 2.45) is 0 Å². The van der Waals surface area contributed by atoms with Crippen LogP contribution in [0.2, 0.25) is 0 Å². The summed E-state index contributed by atoms with van der Waals surface area (Å²) in [5.41, 5.74) is 11.9. The number of anilines is 3. The van der Waals surface area contributed by atoms with Crippen molar-refractivity contribution in [2.45, 2.75) is 39.0 Å². The summed E-state index contributed by atoms with van der Waals surface area (Å²) in [6.45, 7) is 2.17. The maximum atomic E-state index is 5.91. The molecule has 1 aliphatic rings. The van der Waals surface area contributed by atoms with Crippen LogP contribution in [-0.4, -0.2) is 15.2 Å². The van der Waals surface area contributed by atoms with E-state index in [2.05, 4.69) is 46.7 Å². The lowest BCUT2D eigenvalue weighted by Gasteiger charge is -2.14. The molecule has 5 heteroatoms. The van der Waals surface area contributed by atoms with Gasteiger partial charge in [-0.3, -0.25) is 5.10 Å². The number of fused-ring (bicyclic) bond motifs is 2. The zero-order valence-electron chi connectivity index (χ0n) is 13.3. The second kappa shape index (κ2) is 5.57. The molecule has 4 rings (SSSR count). The van der Waals surface area contributed by atoms with Crippen LogP contribution in [0.1, 0.15) is 36.5 Å². The summed E-state index contributed by atoms with van der Waals surface area (Å²) in [7, 11) is 0. The molecule has 5 nitrogen and oxygen atoms in total. The van der Waals surface area contributed by atoms with Crippen molar-refractivity contribution in [3.05, 3.63) is 41.0 Å². The maximum absolute atomic E-state index is 5.91. The largest absolute Gasteiger partial charge is 0.382 e. The van der Waals surface area contributed by atoms with Gasteiger partial charge in [-0.05, 0) is 54.5 Å². The average Bonchev–Trinajstić information content (AvgIpc) is 3.16. The van der Waals surface area contributed by atoms with Crippen molar-refractivity contribution in [1.29, 1.82) is 0 Å². The van der Waals surface area contributed by atoms with E-state index < -0.39 is 0 Å². The lowest BCUT2D eigenvalue weighted by Crippen LogP contribution is -2.02. The molecule has 1 aliphatic carbocycles. The molecule has 3 aromatic rings. The highest BCUT2D eigenvalue weighted by Gasteiger charge is 2.16. The summed E-state index contributed by atoms with van der Waals surface area (Å²) in [5.74, 6) is 1.42. The van der Waals surface area contributed by atoms with Crippen molar-refractivity contribution >= 4 is 28.4 Å². The minimum atomic E-state index is 0.511. The van der Waals surface area contributed by atoms with E-state index in [-0.39, 0.29) is 0 Å². The first-order chi connectivity index (χ1) is 11.3. The molecule has 0 fully saturated rings. The maximum Gasteiger partial charge on any atom is 0.159 e. The number of aryl methyl sites for hydroxylation is 2. The minimum absolute atomic E-state index is 0.511. The van der Waals surface area contributed by atoms with Crippen LogP contribution in [0.25, 0.3) is 11.0 Å². The third-order valence-corrected chi connectivity index (χ3v) is 4.58. The van der Waals surface area contributed by atoms with E-state index in [9.17, 15) is 0 Å². The molecule has 0 amide bonds. The molecule has 0 radical (unpaired) electrons. The number of nitrogens with two attached hydrogens (primary N) is 1. The first-order valence-electron chi connectivity index (χ1n) is 8.27. The van der Waals surface area contributed by atoms with Crippen LogP contribution in [0.15, 0.2) is 24.3 Å². The Morgan fingerprint density at radius 1 is 1.30 bits per heavy atom. The predicted octanol–water partition coefficient (Wildman–Crippen LogP) is 3.72. The second-order valence-corrected chi connectivity index (χ2v) is 6.17. The third kappa shape index (κ3) is 2.42. The summed E-state index contributed by atoms with van der Waals surface area (Å²) in [6, 6.07) is 8.61. The van der Waals surface area contributed by atoms with Crippen LogP contribution in [0.3, 0.4) is 0 Å². The number of rotatable bonds is 4. The average molecular weight is 307 g/mol. The molecule has 0 spiro atoms. The van der Waals surface area contributed by atoms with Crippen LogP contribution in [0, 0.1) is 0 Å². The highest BCUT2D eigenvalue weighted by molar-refractivity contribution is 5.88. The molecular weight excluding hydrogens is 286 g/mol. The van der Waals surface area contributed by atoms with Gasteiger partial charge >= 0.3 is 0 Å². The Kier molecular flexibility index (Phi) is 3.41. The van der Waals surface area contributed by atoms with Crippen LogP contribution < -0.4 is 11.1 Å². The molecule has 0 bridgehead atoms. The number of aromatic nitrogens is 3. The quantitative estimate of drug-likeness (QED) is 0.686. The van der Waals surface area contributed by atoms with E-state index >= 15 is 0 Å². The summed E-state index contributed by atoms with van der Waals surface area (Å²) in [6.07, 6.45) is 5.58. The monoisotopic (exact) mass is 307 g/mol. The number of hydrogen-bond donors (Lipinski definition) is 3. The van der Waals surface area contributed by atoms with Gasteiger partial charge in [0.05, 0.1) is 5.39 Å². The first kappa shape index (κ1) is 14.1. The van der Waals surface area contributed by atoms with Crippen molar-refractivity contribution in [3.8, 4) is 0 Å². The molecule has 0 saturated heterocycles. The third-order valence-electron chi connectivity index (χ3n) is 4.58. The van der Waals surface area contributed by atoms with Gasteiger partial charge < -0.3 is 11.1 Å². The van der Waals surface area contributed by atoms with E-state index in [1.165, 1.54) is 35.2 Å². The number of hydrogen-bond acceptors (Lipinski definition) is 4. The Balaban J connectivity index is 1.79. The highest BCUT2D eigenvalue weighted by Crippen LogP contribution is 2.32. The fourth-order valence-electron chi connectivity index (χ4n) is 3.44. The molecule has 23 heavy (non-hydrogen) atoms. The lowest BCUT2D eigenvalue weighted by molar-refractivity contribution is 0.911. The van der Waals surface area contributed by atoms with Gasteiger partial charge in [-0.15, -0.1) is 0 Å². The molecule has 0 aliphatic heterocycles. The van der Waals surface area contributed by atoms with Gasteiger partial charge in [0.2, 0.25) is 0 Å². The van der Waals surface area contributed by atoms with E-state index in [1.54, 1.807) is 0 Å². The highest BCUT2D eigenvalue weighted by atomic mass is 15.2. The van der Waals surface area contributed by atoms with Crippen LogP contribution >= 0.6 is 0 Å². The number of H-pyrrole nitrogens is 1. The summed E-state index contributed by atoms with van der Waals surface area (Å²) >= 11 is 0.